The Morgan fingerprint density at radius 2 is 1.75 bits per heavy atom. The number of nitrogens with one attached hydrogen (secondary N) is 1. The van der Waals surface area contributed by atoms with Gasteiger partial charge in [0, 0.05) is 18.6 Å². The van der Waals surface area contributed by atoms with E-state index in [1.54, 1.807) is 18.2 Å². The Bertz CT molecular complexity index is 993. The van der Waals surface area contributed by atoms with E-state index in [-0.39, 0.29) is 16.3 Å². The Balaban J connectivity index is 1.69. The molecule has 0 spiro atoms. The van der Waals surface area contributed by atoms with E-state index >= 15 is 0 Å². The average molecular weight is 397 g/mol. The molecule has 0 radical (unpaired) electrons. The van der Waals surface area contributed by atoms with Crippen LogP contribution in [0.1, 0.15) is 15.9 Å². The number of benzene rings is 3. The zero-order chi connectivity index (χ0) is 19.9. The van der Waals surface area contributed by atoms with Gasteiger partial charge in [0.25, 0.3) is 11.6 Å². The minimum atomic E-state index is -0.566. The van der Waals surface area contributed by atoms with Crippen molar-refractivity contribution in [2.75, 3.05) is 11.9 Å². The third-order valence-corrected chi connectivity index (χ3v) is 4.35. The van der Waals surface area contributed by atoms with E-state index in [1.165, 1.54) is 12.1 Å². The monoisotopic (exact) mass is 396 g/mol. The van der Waals surface area contributed by atoms with Crippen LogP contribution in [0.5, 0.6) is 5.75 Å². The van der Waals surface area contributed by atoms with Crippen LogP contribution in [0.4, 0.5) is 11.4 Å². The van der Waals surface area contributed by atoms with E-state index in [9.17, 15) is 14.9 Å². The van der Waals surface area contributed by atoms with Crippen LogP contribution >= 0.6 is 11.6 Å². The van der Waals surface area contributed by atoms with Crippen LogP contribution in [-0.2, 0) is 6.42 Å². The number of carbonyl (C=O) groups is 1. The van der Waals surface area contributed by atoms with Crippen molar-refractivity contribution in [1.29, 1.82) is 0 Å². The molecule has 0 aliphatic heterocycles. The molecule has 0 saturated carbocycles. The van der Waals surface area contributed by atoms with Crippen molar-refractivity contribution in [3.8, 4) is 5.75 Å². The first-order valence-electron chi connectivity index (χ1n) is 8.55. The van der Waals surface area contributed by atoms with Crippen molar-refractivity contribution < 1.29 is 14.5 Å². The molecule has 3 aromatic carbocycles. The normalized spacial score (nSPS) is 10.3. The van der Waals surface area contributed by atoms with E-state index in [0.717, 1.165) is 18.1 Å². The van der Waals surface area contributed by atoms with E-state index in [1.807, 2.05) is 36.4 Å². The molecule has 6 nitrogen and oxygen atoms in total. The van der Waals surface area contributed by atoms with Crippen LogP contribution in [0.2, 0.25) is 5.02 Å². The second-order valence-corrected chi connectivity index (χ2v) is 6.36. The third-order valence-electron chi connectivity index (χ3n) is 4.03. The van der Waals surface area contributed by atoms with Crippen molar-refractivity contribution in [2.24, 2.45) is 0 Å². The first kappa shape index (κ1) is 19.4. The molecule has 1 amide bonds. The number of nitrogens with zero attached hydrogens (tertiary/aromatic N) is 1. The van der Waals surface area contributed by atoms with Crippen LogP contribution < -0.4 is 10.1 Å². The summed E-state index contributed by atoms with van der Waals surface area (Å²) in [5, 5.41) is 13.6. The molecule has 28 heavy (non-hydrogen) atoms. The molecule has 0 bridgehead atoms. The lowest BCUT2D eigenvalue weighted by atomic mass is 10.1. The summed E-state index contributed by atoms with van der Waals surface area (Å²) in [4.78, 5) is 22.8. The average Bonchev–Trinajstić information content (AvgIpc) is 2.70. The van der Waals surface area contributed by atoms with Crippen molar-refractivity contribution in [3.05, 3.63) is 99.1 Å². The maximum Gasteiger partial charge on any atom is 0.270 e. The second-order valence-electron chi connectivity index (χ2n) is 5.96. The van der Waals surface area contributed by atoms with E-state index in [4.69, 9.17) is 16.3 Å². The lowest BCUT2D eigenvalue weighted by molar-refractivity contribution is -0.384. The molecule has 1 N–H and O–H groups in total. The summed E-state index contributed by atoms with van der Waals surface area (Å²) in [6.07, 6.45) is 0.733. The molecule has 142 valence electrons. The Morgan fingerprint density at radius 3 is 2.46 bits per heavy atom. The number of rotatable bonds is 7. The van der Waals surface area contributed by atoms with Gasteiger partial charge in [-0.2, -0.15) is 0 Å². The van der Waals surface area contributed by atoms with Crippen LogP contribution in [0.15, 0.2) is 72.8 Å². The molecule has 0 aromatic heterocycles. The predicted molar refractivity (Wildman–Crippen MR) is 108 cm³/mol. The van der Waals surface area contributed by atoms with E-state index in [0.29, 0.717) is 18.0 Å². The molecule has 0 heterocycles. The van der Waals surface area contributed by atoms with Gasteiger partial charge in [-0.05, 0) is 23.8 Å². The molecule has 3 rings (SSSR count). The standard InChI is InChI=1S/C21H17ClN2O4/c22-18-14-16(24(26)27)10-11-17(18)21(25)23-19-8-4-5-9-20(19)28-13-12-15-6-2-1-3-7-15/h1-11,14H,12-13H2,(H,23,25). The fraction of sp³-hybridized carbons (Fsp3) is 0.0952. The van der Waals surface area contributed by atoms with Gasteiger partial charge < -0.3 is 10.1 Å². The van der Waals surface area contributed by atoms with Gasteiger partial charge in [0.2, 0.25) is 0 Å². The highest BCUT2D eigenvalue weighted by molar-refractivity contribution is 6.34. The van der Waals surface area contributed by atoms with Crippen LogP contribution in [0, 0.1) is 10.1 Å². The van der Waals surface area contributed by atoms with Crippen LogP contribution in [0.25, 0.3) is 0 Å². The summed E-state index contributed by atoms with van der Waals surface area (Å²) >= 11 is 6.03. The summed E-state index contributed by atoms with van der Waals surface area (Å²) in [5.74, 6) is 0.0591. The van der Waals surface area contributed by atoms with Crippen molar-refractivity contribution >= 4 is 28.9 Å². The summed E-state index contributed by atoms with van der Waals surface area (Å²) in [7, 11) is 0. The SMILES string of the molecule is O=C(Nc1ccccc1OCCc1ccccc1)c1ccc([N+](=O)[O-])cc1Cl. The fourth-order valence-electron chi connectivity index (χ4n) is 2.61. The maximum atomic E-state index is 12.5. The summed E-state index contributed by atoms with van der Waals surface area (Å²) < 4.78 is 5.82. The first-order chi connectivity index (χ1) is 13.5. The van der Waals surface area contributed by atoms with E-state index < -0.39 is 10.8 Å². The summed E-state index contributed by atoms with van der Waals surface area (Å²) in [6.45, 7) is 0.454. The minimum absolute atomic E-state index is 0.00850. The summed E-state index contributed by atoms with van der Waals surface area (Å²) in [6, 6.07) is 20.7. The zero-order valence-corrected chi connectivity index (χ0v) is 15.6. The van der Waals surface area contributed by atoms with Gasteiger partial charge in [-0.3, -0.25) is 14.9 Å². The number of hydrogen-bond donors (Lipinski definition) is 1. The molecule has 3 aromatic rings. The van der Waals surface area contributed by atoms with Gasteiger partial charge in [0.05, 0.1) is 27.8 Å². The number of nitro benzene ring substituents is 1. The number of non-ortho nitro benzene ring substituents is 1. The zero-order valence-electron chi connectivity index (χ0n) is 14.8. The lowest BCUT2D eigenvalue weighted by Crippen LogP contribution is -2.14. The van der Waals surface area contributed by atoms with Gasteiger partial charge in [-0.15, -0.1) is 0 Å². The predicted octanol–water partition coefficient (Wildman–Crippen LogP) is 5.12. The number of anilines is 1. The van der Waals surface area contributed by atoms with E-state index in [2.05, 4.69) is 5.32 Å². The van der Waals surface area contributed by atoms with Crippen LogP contribution in [-0.4, -0.2) is 17.4 Å². The smallest absolute Gasteiger partial charge is 0.270 e. The number of halogens is 1. The number of ether oxygens (including phenoxy) is 1. The number of hydrogen-bond acceptors (Lipinski definition) is 4. The first-order valence-corrected chi connectivity index (χ1v) is 8.93. The number of amides is 1. The quantitative estimate of drug-likeness (QED) is 0.443. The lowest BCUT2D eigenvalue weighted by Gasteiger charge is -2.13. The summed E-state index contributed by atoms with van der Waals surface area (Å²) in [5.41, 5.74) is 1.62. The second kappa shape index (κ2) is 9.01. The highest BCUT2D eigenvalue weighted by atomic mass is 35.5. The fourth-order valence-corrected chi connectivity index (χ4v) is 2.87. The molecule has 0 unspecified atom stereocenters. The van der Waals surface area contributed by atoms with Gasteiger partial charge >= 0.3 is 0 Å². The van der Waals surface area contributed by atoms with Crippen molar-refractivity contribution in [2.45, 2.75) is 6.42 Å². The Hall–Kier alpha value is -3.38. The number of para-hydroxylation sites is 2. The van der Waals surface area contributed by atoms with Gasteiger partial charge in [0.1, 0.15) is 5.75 Å². The topological polar surface area (TPSA) is 81.5 Å². The molecule has 7 heteroatoms. The Labute approximate surface area is 166 Å². The van der Waals surface area contributed by atoms with Gasteiger partial charge in [0.15, 0.2) is 0 Å². The third kappa shape index (κ3) is 4.86. The largest absolute Gasteiger partial charge is 0.491 e. The molecular weight excluding hydrogens is 380 g/mol. The Morgan fingerprint density at radius 1 is 1.04 bits per heavy atom. The number of carbonyl (C=O) groups excluding carboxylic acids is 1. The van der Waals surface area contributed by atoms with Crippen LogP contribution in [0.3, 0.4) is 0 Å². The number of nitro groups is 1. The highest BCUT2D eigenvalue weighted by Gasteiger charge is 2.16. The van der Waals surface area contributed by atoms with Crippen molar-refractivity contribution in [1.82, 2.24) is 0 Å². The van der Waals surface area contributed by atoms with Crippen molar-refractivity contribution in [3.63, 3.8) is 0 Å². The molecule has 0 aliphatic carbocycles. The molecule has 0 aliphatic rings. The Kier molecular flexibility index (Phi) is 6.24. The molecular formula is C21H17ClN2O4. The molecule has 0 atom stereocenters. The van der Waals surface area contributed by atoms with Gasteiger partial charge in [-0.25, -0.2) is 0 Å². The van der Waals surface area contributed by atoms with Gasteiger partial charge in [-0.1, -0.05) is 54.1 Å². The highest BCUT2D eigenvalue weighted by Crippen LogP contribution is 2.27. The molecule has 0 saturated heterocycles. The minimum Gasteiger partial charge on any atom is -0.491 e. The maximum absolute atomic E-state index is 12.5. The molecule has 0 fully saturated rings.